The molecule has 0 aliphatic heterocycles. The molecule has 0 spiro atoms. The number of nitrogens with zero attached hydrogens (tertiary/aromatic N) is 1. The standard InChI is InChI=1S/C15H15BrN2O2/c1-10(2)14(11-6-4-3-5-7-11)17-18-15(19)12-8-9-13(16)20-12/h3-10H,1-2H3,(H,18,19)/b17-14+. The Labute approximate surface area is 126 Å². The Hall–Kier alpha value is -1.88. The predicted octanol–water partition coefficient (Wildman–Crippen LogP) is 3.83. The molecule has 20 heavy (non-hydrogen) atoms. The Balaban J connectivity index is 2.17. The van der Waals surface area contributed by atoms with Crippen molar-refractivity contribution in [3.8, 4) is 0 Å². The second-order valence-corrected chi connectivity index (χ2v) is 5.34. The third-order valence-electron chi connectivity index (χ3n) is 2.69. The van der Waals surface area contributed by atoms with Crippen LogP contribution in [0.15, 0.2) is 56.7 Å². The summed E-state index contributed by atoms with van der Waals surface area (Å²) in [4.78, 5) is 11.9. The molecule has 0 fully saturated rings. The second kappa shape index (κ2) is 6.52. The highest BCUT2D eigenvalue weighted by atomic mass is 79.9. The van der Waals surface area contributed by atoms with E-state index in [1.165, 1.54) is 0 Å². The molecule has 1 N–H and O–H groups in total. The maximum absolute atomic E-state index is 11.9. The van der Waals surface area contributed by atoms with Crippen LogP contribution in [0.1, 0.15) is 30.0 Å². The summed E-state index contributed by atoms with van der Waals surface area (Å²) >= 11 is 3.16. The van der Waals surface area contributed by atoms with Gasteiger partial charge >= 0.3 is 5.91 Å². The maximum atomic E-state index is 11.9. The average Bonchev–Trinajstić information content (AvgIpc) is 2.86. The van der Waals surface area contributed by atoms with Crippen molar-refractivity contribution in [2.75, 3.05) is 0 Å². The van der Waals surface area contributed by atoms with E-state index in [-0.39, 0.29) is 17.6 Å². The van der Waals surface area contributed by atoms with Gasteiger partial charge in [0.1, 0.15) is 0 Å². The van der Waals surface area contributed by atoms with Crippen LogP contribution in [0, 0.1) is 5.92 Å². The average molecular weight is 335 g/mol. The van der Waals surface area contributed by atoms with Gasteiger partial charge < -0.3 is 4.42 Å². The Morgan fingerprint density at radius 3 is 2.45 bits per heavy atom. The van der Waals surface area contributed by atoms with Crippen molar-refractivity contribution in [3.05, 3.63) is 58.5 Å². The first-order valence-corrected chi connectivity index (χ1v) is 7.06. The van der Waals surface area contributed by atoms with Gasteiger partial charge in [-0.1, -0.05) is 44.2 Å². The Morgan fingerprint density at radius 1 is 1.20 bits per heavy atom. The first-order chi connectivity index (χ1) is 9.58. The summed E-state index contributed by atoms with van der Waals surface area (Å²) in [5.41, 5.74) is 4.34. The van der Waals surface area contributed by atoms with Crippen LogP contribution in [0.25, 0.3) is 0 Å². The summed E-state index contributed by atoms with van der Waals surface area (Å²) in [5.74, 6) is 0.0441. The highest BCUT2D eigenvalue weighted by Gasteiger charge is 2.12. The molecule has 0 aliphatic carbocycles. The molecule has 0 unspecified atom stereocenters. The number of hydrazone groups is 1. The molecule has 104 valence electrons. The monoisotopic (exact) mass is 334 g/mol. The van der Waals surface area contributed by atoms with Crippen LogP contribution in [0.2, 0.25) is 0 Å². The maximum Gasteiger partial charge on any atom is 0.307 e. The summed E-state index contributed by atoms with van der Waals surface area (Å²) in [7, 11) is 0. The lowest BCUT2D eigenvalue weighted by atomic mass is 10.0. The smallest absolute Gasteiger partial charge is 0.307 e. The van der Waals surface area contributed by atoms with E-state index in [1.807, 2.05) is 44.2 Å². The molecule has 2 rings (SSSR count). The summed E-state index contributed by atoms with van der Waals surface area (Å²) in [6.07, 6.45) is 0. The summed E-state index contributed by atoms with van der Waals surface area (Å²) < 4.78 is 5.69. The first-order valence-electron chi connectivity index (χ1n) is 6.26. The van der Waals surface area contributed by atoms with E-state index in [4.69, 9.17) is 4.42 Å². The fourth-order valence-corrected chi connectivity index (χ4v) is 2.04. The van der Waals surface area contributed by atoms with Gasteiger partial charge in [-0.2, -0.15) is 5.10 Å². The van der Waals surface area contributed by atoms with E-state index in [1.54, 1.807) is 12.1 Å². The lowest BCUT2D eigenvalue weighted by Gasteiger charge is -2.10. The number of halogens is 1. The van der Waals surface area contributed by atoms with Crippen LogP contribution in [-0.2, 0) is 0 Å². The zero-order chi connectivity index (χ0) is 14.5. The fraction of sp³-hybridized carbons (Fsp3) is 0.200. The topological polar surface area (TPSA) is 54.6 Å². The zero-order valence-electron chi connectivity index (χ0n) is 11.3. The lowest BCUT2D eigenvalue weighted by Crippen LogP contribution is -2.21. The molecule has 1 aromatic carbocycles. The third kappa shape index (κ3) is 3.57. The quantitative estimate of drug-likeness (QED) is 0.682. The molecule has 1 amide bonds. The predicted molar refractivity (Wildman–Crippen MR) is 81.7 cm³/mol. The van der Waals surface area contributed by atoms with Crippen LogP contribution in [0.5, 0.6) is 0 Å². The summed E-state index contributed by atoms with van der Waals surface area (Å²) in [5, 5.41) is 4.22. The molecule has 2 aromatic rings. The SMILES string of the molecule is CC(C)/C(=N\NC(=O)c1ccc(Br)o1)c1ccccc1. The molecule has 0 saturated heterocycles. The first kappa shape index (κ1) is 14.5. The van der Waals surface area contributed by atoms with Crippen molar-refractivity contribution in [1.29, 1.82) is 0 Å². The molecule has 0 aliphatic rings. The minimum absolute atomic E-state index is 0.195. The van der Waals surface area contributed by atoms with Gasteiger partial charge in [-0.05, 0) is 39.5 Å². The molecular weight excluding hydrogens is 320 g/mol. The molecule has 0 saturated carbocycles. The molecule has 4 nitrogen and oxygen atoms in total. The second-order valence-electron chi connectivity index (χ2n) is 4.56. The van der Waals surface area contributed by atoms with Crippen LogP contribution in [-0.4, -0.2) is 11.6 Å². The molecule has 0 atom stereocenters. The largest absolute Gasteiger partial charge is 0.444 e. The van der Waals surface area contributed by atoms with Gasteiger partial charge in [0.05, 0.1) is 5.71 Å². The Kier molecular flexibility index (Phi) is 4.74. The number of rotatable bonds is 4. The normalized spacial score (nSPS) is 11.7. The minimum Gasteiger partial charge on any atom is -0.444 e. The molecule has 1 aromatic heterocycles. The summed E-state index contributed by atoms with van der Waals surface area (Å²) in [6, 6.07) is 13.0. The van der Waals surface area contributed by atoms with E-state index in [9.17, 15) is 4.79 Å². The van der Waals surface area contributed by atoms with Crippen LogP contribution in [0.3, 0.4) is 0 Å². The van der Waals surface area contributed by atoms with Crippen molar-refractivity contribution >= 4 is 27.5 Å². The van der Waals surface area contributed by atoms with E-state index in [0.717, 1.165) is 11.3 Å². The highest BCUT2D eigenvalue weighted by Crippen LogP contribution is 2.14. The molecule has 5 heteroatoms. The number of hydrogen-bond donors (Lipinski definition) is 1. The molecule has 0 bridgehead atoms. The van der Waals surface area contributed by atoms with Crippen molar-refractivity contribution in [2.24, 2.45) is 11.0 Å². The van der Waals surface area contributed by atoms with Crippen molar-refractivity contribution in [3.63, 3.8) is 0 Å². The zero-order valence-corrected chi connectivity index (χ0v) is 12.8. The van der Waals surface area contributed by atoms with Crippen molar-refractivity contribution in [1.82, 2.24) is 5.43 Å². The highest BCUT2D eigenvalue weighted by molar-refractivity contribution is 9.10. The van der Waals surface area contributed by atoms with Gasteiger partial charge in [0.15, 0.2) is 10.4 Å². The van der Waals surface area contributed by atoms with E-state index < -0.39 is 0 Å². The van der Waals surface area contributed by atoms with E-state index in [2.05, 4.69) is 26.5 Å². The number of hydrogen-bond acceptors (Lipinski definition) is 3. The molecule has 0 radical (unpaired) electrons. The fourth-order valence-electron chi connectivity index (χ4n) is 1.74. The van der Waals surface area contributed by atoms with Crippen molar-refractivity contribution in [2.45, 2.75) is 13.8 Å². The molecular formula is C15H15BrN2O2. The number of furan rings is 1. The number of nitrogens with one attached hydrogen (secondary N) is 1. The Bertz CT molecular complexity index is 618. The van der Waals surface area contributed by atoms with Crippen LogP contribution >= 0.6 is 15.9 Å². The van der Waals surface area contributed by atoms with Gasteiger partial charge in [0, 0.05) is 0 Å². The van der Waals surface area contributed by atoms with Crippen LogP contribution in [0.4, 0.5) is 0 Å². The van der Waals surface area contributed by atoms with Gasteiger partial charge in [0.25, 0.3) is 0 Å². The number of amides is 1. The van der Waals surface area contributed by atoms with Gasteiger partial charge in [-0.15, -0.1) is 0 Å². The Morgan fingerprint density at radius 2 is 1.90 bits per heavy atom. The third-order valence-corrected chi connectivity index (χ3v) is 3.12. The van der Waals surface area contributed by atoms with Gasteiger partial charge in [-0.25, -0.2) is 5.43 Å². The number of carbonyl (C=O) groups excluding carboxylic acids is 1. The van der Waals surface area contributed by atoms with E-state index in [0.29, 0.717) is 4.67 Å². The summed E-state index contributed by atoms with van der Waals surface area (Å²) in [6.45, 7) is 4.06. The molecule has 1 heterocycles. The number of carbonyl (C=O) groups is 1. The van der Waals surface area contributed by atoms with Crippen molar-refractivity contribution < 1.29 is 9.21 Å². The lowest BCUT2D eigenvalue weighted by molar-refractivity contribution is 0.0926. The van der Waals surface area contributed by atoms with Crippen LogP contribution < -0.4 is 5.43 Å². The van der Waals surface area contributed by atoms with E-state index >= 15 is 0 Å². The number of benzene rings is 1. The van der Waals surface area contributed by atoms with Gasteiger partial charge in [-0.3, -0.25) is 4.79 Å². The van der Waals surface area contributed by atoms with Gasteiger partial charge in [0.2, 0.25) is 0 Å². The minimum atomic E-state index is -0.371.